The molecule has 0 saturated carbocycles. The van der Waals surface area contributed by atoms with Crippen LogP contribution >= 0.6 is 0 Å². The Labute approximate surface area is 191 Å². The molecule has 1 atom stereocenters. The highest BCUT2D eigenvalue weighted by Gasteiger charge is 2.19. The summed E-state index contributed by atoms with van der Waals surface area (Å²) >= 11 is 0. The van der Waals surface area contributed by atoms with Gasteiger partial charge in [0, 0.05) is 35.1 Å². The molecule has 0 radical (unpaired) electrons. The van der Waals surface area contributed by atoms with Crippen molar-refractivity contribution in [3.63, 3.8) is 0 Å². The molecule has 4 N–H and O–H groups in total. The summed E-state index contributed by atoms with van der Waals surface area (Å²) in [5, 5.41) is 5.15. The molecule has 0 aliphatic carbocycles. The van der Waals surface area contributed by atoms with Crippen molar-refractivity contribution in [3.05, 3.63) is 89.7 Å². The molecule has 0 unspecified atom stereocenters. The smallest absolute Gasteiger partial charge is 0.240 e. The quantitative estimate of drug-likeness (QED) is 0.353. The third-order valence-corrected chi connectivity index (χ3v) is 6.10. The highest BCUT2D eigenvalue weighted by Crippen LogP contribution is 2.29. The molecule has 0 aliphatic heterocycles. The lowest BCUT2D eigenvalue weighted by Crippen LogP contribution is -2.37. The Morgan fingerprint density at radius 2 is 1.85 bits per heavy atom. The molecule has 0 bridgehead atoms. The van der Waals surface area contributed by atoms with Gasteiger partial charge in [-0.15, -0.1) is 0 Å². The third-order valence-electron chi connectivity index (χ3n) is 6.10. The van der Waals surface area contributed by atoms with Crippen molar-refractivity contribution in [2.75, 3.05) is 5.32 Å². The molecular weight excluding hydrogens is 410 g/mol. The summed E-state index contributed by atoms with van der Waals surface area (Å²) in [5.41, 5.74) is 13.3. The van der Waals surface area contributed by atoms with E-state index in [1.165, 1.54) is 16.7 Å². The summed E-state index contributed by atoms with van der Waals surface area (Å²) in [7, 11) is 0. The van der Waals surface area contributed by atoms with Crippen LogP contribution in [0.15, 0.2) is 73.1 Å². The van der Waals surface area contributed by atoms with Crippen LogP contribution in [-0.4, -0.2) is 26.9 Å². The van der Waals surface area contributed by atoms with Crippen LogP contribution in [-0.2, 0) is 11.2 Å². The number of aromatic amines is 1. The highest BCUT2D eigenvalue weighted by atomic mass is 16.1. The van der Waals surface area contributed by atoms with Crippen molar-refractivity contribution in [2.24, 2.45) is 5.73 Å². The second kappa shape index (κ2) is 8.39. The molecule has 3 aromatic carbocycles. The normalized spacial score (nSPS) is 12.2. The Kier molecular flexibility index (Phi) is 5.26. The zero-order chi connectivity index (χ0) is 22.9. The zero-order valence-corrected chi connectivity index (χ0v) is 18.6. The van der Waals surface area contributed by atoms with Gasteiger partial charge in [0.2, 0.25) is 11.9 Å². The van der Waals surface area contributed by atoms with E-state index < -0.39 is 11.9 Å². The van der Waals surface area contributed by atoms with Gasteiger partial charge in [-0.05, 0) is 53.8 Å². The molecule has 1 amide bonds. The predicted molar refractivity (Wildman–Crippen MR) is 133 cm³/mol. The molecule has 6 heteroatoms. The average molecular weight is 436 g/mol. The first kappa shape index (κ1) is 20.7. The number of nitrogens with zero attached hydrogens (tertiary/aromatic N) is 2. The second-order valence-electron chi connectivity index (χ2n) is 8.40. The van der Waals surface area contributed by atoms with Gasteiger partial charge in [0.1, 0.15) is 6.04 Å². The first-order chi connectivity index (χ1) is 16.0. The molecule has 2 aromatic heterocycles. The lowest BCUT2D eigenvalue weighted by molar-refractivity contribution is -0.118. The topological polar surface area (TPSA) is 96.7 Å². The Morgan fingerprint density at radius 1 is 1.06 bits per heavy atom. The fourth-order valence-corrected chi connectivity index (χ4v) is 4.42. The standard InChI is InChI=1S/C27H25N5O/c1-16-6-5-7-17(2)25(16)18-10-11-19-14-30-27(31-23(19)12-18)32-24(26(28)33)13-20-15-29-22-9-4-3-8-21(20)22/h3-12,14-15,24,29H,13H2,1-2H3,(H2,28,33)(H,30,31,32)/t24-/m0/s1. The van der Waals surface area contributed by atoms with Crippen molar-refractivity contribution in [1.82, 2.24) is 15.0 Å². The number of carbonyl (C=O) groups excluding carboxylic acids is 1. The summed E-state index contributed by atoms with van der Waals surface area (Å²) in [5.74, 6) is -0.0712. The fraction of sp³-hybridized carbons (Fsp3) is 0.148. The number of carbonyl (C=O) groups is 1. The molecule has 6 nitrogen and oxygen atoms in total. The number of hydrogen-bond acceptors (Lipinski definition) is 4. The summed E-state index contributed by atoms with van der Waals surface area (Å²) in [4.78, 5) is 24.6. The SMILES string of the molecule is Cc1cccc(C)c1-c1ccc2cnc(N[C@@H](Cc3c[nH]c4ccccc34)C(N)=O)nc2c1. The molecule has 0 aliphatic rings. The number of aryl methyl sites for hydroxylation is 2. The maximum Gasteiger partial charge on any atom is 0.240 e. The number of para-hydroxylation sites is 1. The molecule has 33 heavy (non-hydrogen) atoms. The molecule has 0 fully saturated rings. The van der Waals surface area contributed by atoms with E-state index in [2.05, 4.69) is 59.5 Å². The first-order valence-corrected chi connectivity index (χ1v) is 10.9. The van der Waals surface area contributed by atoms with Crippen LogP contribution in [0.25, 0.3) is 32.9 Å². The summed E-state index contributed by atoms with van der Waals surface area (Å²) in [6.07, 6.45) is 4.12. The largest absolute Gasteiger partial charge is 0.368 e. The minimum absolute atomic E-state index is 0.379. The van der Waals surface area contributed by atoms with Gasteiger partial charge in [0.05, 0.1) is 5.52 Å². The van der Waals surface area contributed by atoms with E-state index in [0.717, 1.165) is 32.9 Å². The maximum absolute atomic E-state index is 12.2. The Morgan fingerprint density at radius 3 is 2.64 bits per heavy atom. The van der Waals surface area contributed by atoms with Gasteiger partial charge >= 0.3 is 0 Å². The van der Waals surface area contributed by atoms with Gasteiger partial charge in [-0.1, -0.05) is 48.5 Å². The number of nitrogens with one attached hydrogen (secondary N) is 2. The predicted octanol–water partition coefficient (Wildman–Crippen LogP) is 4.90. The Bertz CT molecular complexity index is 1470. The third kappa shape index (κ3) is 4.03. The van der Waals surface area contributed by atoms with Crippen LogP contribution in [0.2, 0.25) is 0 Å². The number of primary amides is 1. The number of fused-ring (bicyclic) bond motifs is 2. The van der Waals surface area contributed by atoms with Crippen LogP contribution < -0.4 is 11.1 Å². The molecule has 0 spiro atoms. The lowest BCUT2D eigenvalue weighted by Gasteiger charge is -2.16. The van der Waals surface area contributed by atoms with Crippen LogP contribution in [0.4, 0.5) is 5.95 Å². The van der Waals surface area contributed by atoms with Gasteiger partial charge in [-0.2, -0.15) is 0 Å². The van der Waals surface area contributed by atoms with E-state index in [0.29, 0.717) is 12.4 Å². The number of H-pyrrole nitrogens is 1. The minimum Gasteiger partial charge on any atom is -0.368 e. The lowest BCUT2D eigenvalue weighted by atomic mass is 9.95. The van der Waals surface area contributed by atoms with E-state index in [1.54, 1.807) is 6.20 Å². The molecule has 164 valence electrons. The van der Waals surface area contributed by atoms with Crippen molar-refractivity contribution >= 4 is 33.7 Å². The van der Waals surface area contributed by atoms with Crippen LogP contribution in [0.5, 0.6) is 0 Å². The van der Waals surface area contributed by atoms with Crippen LogP contribution in [0.3, 0.4) is 0 Å². The van der Waals surface area contributed by atoms with Gasteiger partial charge in [-0.3, -0.25) is 4.79 Å². The van der Waals surface area contributed by atoms with Gasteiger partial charge in [0.15, 0.2) is 0 Å². The minimum atomic E-state index is -0.636. The monoisotopic (exact) mass is 435 g/mol. The van der Waals surface area contributed by atoms with E-state index >= 15 is 0 Å². The van der Waals surface area contributed by atoms with Gasteiger partial charge in [0.25, 0.3) is 0 Å². The number of nitrogens with two attached hydrogens (primary N) is 1. The van der Waals surface area contributed by atoms with Gasteiger partial charge < -0.3 is 16.0 Å². The molecule has 5 aromatic rings. The van der Waals surface area contributed by atoms with Crippen molar-refractivity contribution in [2.45, 2.75) is 26.3 Å². The van der Waals surface area contributed by atoms with E-state index in [9.17, 15) is 4.79 Å². The summed E-state index contributed by atoms with van der Waals surface area (Å²) in [6.45, 7) is 4.23. The summed E-state index contributed by atoms with van der Waals surface area (Å²) in [6, 6.07) is 19.8. The van der Waals surface area contributed by atoms with E-state index in [4.69, 9.17) is 10.7 Å². The Hall–Kier alpha value is -4.19. The van der Waals surface area contributed by atoms with Crippen LogP contribution in [0.1, 0.15) is 16.7 Å². The number of hydrogen-bond donors (Lipinski definition) is 3. The molecule has 2 heterocycles. The van der Waals surface area contributed by atoms with Crippen molar-refractivity contribution < 1.29 is 4.79 Å². The number of amides is 1. The van der Waals surface area contributed by atoms with Crippen molar-refractivity contribution in [1.29, 1.82) is 0 Å². The van der Waals surface area contributed by atoms with Crippen molar-refractivity contribution in [3.8, 4) is 11.1 Å². The fourth-order valence-electron chi connectivity index (χ4n) is 4.42. The number of rotatable bonds is 6. The van der Waals surface area contributed by atoms with Gasteiger partial charge in [-0.25, -0.2) is 9.97 Å². The number of aromatic nitrogens is 3. The number of benzene rings is 3. The average Bonchev–Trinajstić information content (AvgIpc) is 3.21. The first-order valence-electron chi connectivity index (χ1n) is 10.9. The maximum atomic E-state index is 12.2. The van der Waals surface area contributed by atoms with E-state index in [1.807, 2.05) is 36.5 Å². The molecular formula is C27H25N5O. The second-order valence-corrected chi connectivity index (χ2v) is 8.40. The van der Waals surface area contributed by atoms with Crippen LogP contribution in [0, 0.1) is 13.8 Å². The molecule has 0 saturated heterocycles. The zero-order valence-electron chi connectivity index (χ0n) is 18.6. The number of anilines is 1. The highest BCUT2D eigenvalue weighted by molar-refractivity contribution is 5.88. The summed E-state index contributed by atoms with van der Waals surface area (Å²) < 4.78 is 0. The molecule has 5 rings (SSSR count). The Balaban J connectivity index is 1.46. The van der Waals surface area contributed by atoms with E-state index in [-0.39, 0.29) is 0 Å².